The molecule has 6 nitrogen and oxygen atoms in total. The molecular weight excluding hydrogens is 949 g/mol. The van der Waals surface area contributed by atoms with Crippen LogP contribution in [0.25, 0.3) is 0 Å². The van der Waals surface area contributed by atoms with E-state index in [0.717, 1.165) is 116 Å². The first-order chi connectivity index (χ1) is 38.0. The van der Waals surface area contributed by atoms with Gasteiger partial charge in [-0.15, -0.1) is 0 Å². The van der Waals surface area contributed by atoms with Gasteiger partial charge in [0.05, 0.1) is 0 Å². The first-order valence-corrected chi connectivity index (χ1v) is 31.7. The molecule has 0 saturated heterocycles. The second-order valence-corrected chi connectivity index (χ2v) is 20.5. The van der Waals surface area contributed by atoms with E-state index in [1.54, 1.807) is 0 Å². The summed E-state index contributed by atoms with van der Waals surface area (Å²) in [5, 5.41) is 0. The third kappa shape index (κ3) is 62.3. The predicted octanol–water partition coefficient (Wildman–Crippen LogP) is 21.8. The van der Waals surface area contributed by atoms with Gasteiger partial charge in [0.15, 0.2) is 6.10 Å². The Morgan fingerprint density at radius 3 is 0.870 bits per heavy atom. The molecule has 1 unspecified atom stereocenters. The van der Waals surface area contributed by atoms with E-state index in [-0.39, 0.29) is 37.5 Å². The molecule has 6 heteroatoms. The van der Waals surface area contributed by atoms with Gasteiger partial charge in [-0.1, -0.05) is 264 Å². The number of unbranched alkanes of at least 4 members (excludes halogenated alkanes) is 23. The molecule has 0 spiro atoms. The highest BCUT2D eigenvalue weighted by molar-refractivity contribution is 5.71. The number of esters is 3. The Hall–Kier alpha value is -4.45. The van der Waals surface area contributed by atoms with Crippen molar-refractivity contribution in [2.45, 2.75) is 284 Å². The standard InChI is InChI=1S/C71H116O6/c1-4-7-10-13-16-19-22-25-27-29-31-33-35-37-39-41-43-46-49-52-55-58-61-64-70(73)76-67-68(66-75-69(72)63-60-57-54-51-48-45-24-21-18-15-12-9-6-3)77-71(74)65-62-59-56-53-50-47-44-42-40-38-36-34-32-30-28-26-23-20-17-14-11-8-5-2/h7,9-10,12,16,18-19,21,25,27,30-33,37,39,43,45-46,48,52,55,68H,4-6,8,11,13-15,17,20,22-24,26,28-29,34-36,38,40-42,44,47,49-51,53-54,56-67H2,1-3H3/b10-7-,12-9-,19-16-,21-18-,27-25-,32-30-,33-31-,39-37-,46-43-,48-45-,55-52-. The van der Waals surface area contributed by atoms with Crippen molar-refractivity contribution < 1.29 is 28.6 Å². The number of allylic oxidation sites excluding steroid dienone is 22. The molecule has 0 aliphatic carbocycles. The van der Waals surface area contributed by atoms with E-state index in [1.165, 1.54) is 116 Å². The van der Waals surface area contributed by atoms with Gasteiger partial charge in [0, 0.05) is 19.3 Å². The molecule has 0 heterocycles. The number of carbonyl (C=O) groups is 3. The number of hydrogen-bond acceptors (Lipinski definition) is 6. The summed E-state index contributed by atoms with van der Waals surface area (Å²) in [6.45, 7) is 6.35. The van der Waals surface area contributed by atoms with E-state index in [0.29, 0.717) is 19.3 Å². The Kier molecular flexibility index (Phi) is 60.4. The summed E-state index contributed by atoms with van der Waals surface area (Å²) in [5.41, 5.74) is 0. The highest BCUT2D eigenvalue weighted by Crippen LogP contribution is 2.15. The molecule has 0 rings (SSSR count). The van der Waals surface area contributed by atoms with Gasteiger partial charge in [0.2, 0.25) is 0 Å². The molecule has 0 saturated carbocycles. The van der Waals surface area contributed by atoms with Crippen LogP contribution in [0.3, 0.4) is 0 Å². The van der Waals surface area contributed by atoms with Crippen LogP contribution in [-0.4, -0.2) is 37.2 Å². The number of hydrogen-bond donors (Lipinski definition) is 0. The lowest BCUT2D eigenvalue weighted by Gasteiger charge is -2.18. The summed E-state index contributed by atoms with van der Waals surface area (Å²) in [5.74, 6) is -1.00. The lowest BCUT2D eigenvalue weighted by atomic mass is 10.0. The Bertz CT molecular complexity index is 1650. The number of carbonyl (C=O) groups excluding carboxylic acids is 3. The molecular formula is C71H116O6. The predicted molar refractivity (Wildman–Crippen MR) is 334 cm³/mol. The molecule has 0 radical (unpaired) electrons. The molecule has 0 aliphatic heterocycles. The largest absolute Gasteiger partial charge is 0.462 e. The monoisotopic (exact) mass is 1060 g/mol. The van der Waals surface area contributed by atoms with Crippen LogP contribution in [-0.2, 0) is 28.6 Å². The third-order valence-corrected chi connectivity index (χ3v) is 13.1. The van der Waals surface area contributed by atoms with Crippen molar-refractivity contribution in [3.05, 3.63) is 134 Å². The fourth-order valence-corrected chi connectivity index (χ4v) is 8.44. The minimum absolute atomic E-state index is 0.115. The van der Waals surface area contributed by atoms with Crippen LogP contribution in [0.1, 0.15) is 278 Å². The zero-order valence-electron chi connectivity index (χ0n) is 49.9. The normalized spacial score (nSPS) is 13.0. The van der Waals surface area contributed by atoms with E-state index < -0.39 is 6.10 Å². The van der Waals surface area contributed by atoms with Crippen LogP contribution in [0.15, 0.2) is 134 Å². The molecule has 77 heavy (non-hydrogen) atoms. The summed E-state index contributed by atoms with van der Waals surface area (Å²) in [7, 11) is 0. The van der Waals surface area contributed by atoms with Gasteiger partial charge in [0.25, 0.3) is 0 Å². The molecule has 0 N–H and O–H groups in total. The van der Waals surface area contributed by atoms with Crippen LogP contribution in [0.2, 0.25) is 0 Å². The third-order valence-electron chi connectivity index (χ3n) is 13.1. The minimum Gasteiger partial charge on any atom is -0.462 e. The molecule has 0 amide bonds. The zero-order valence-corrected chi connectivity index (χ0v) is 49.9. The Balaban J connectivity index is 4.46. The van der Waals surface area contributed by atoms with Crippen molar-refractivity contribution in [1.29, 1.82) is 0 Å². The van der Waals surface area contributed by atoms with Gasteiger partial charge in [-0.2, -0.15) is 0 Å². The van der Waals surface area contributed by atoms with Crippen molar-refractivity contribution in [3.63, 3.8) is 0 Å². The first kappa shape index (κ1) is 72.5. The van der Waals surface area contributed by atoms with Gasteiger partial charge in [-0.05, 0) is 128 Å². The molecule has 0 aliphatic rings. The fraction of sp³-hybridized carbons (Fsp3) is 0.648. The minimum atomic E-state index is -0.820. The second-order valence-electron chi connectivity index (χ2n) is 20.5. The van der Waals surface area contributed by atoms with Gasteiger partial charge >= 0.3 is 17.9 Å². The second kappa shape index (κ2) is 64.1. The molecule has 0 fully saturated rings. The maximum atomic E-state index is 12.9. The van der Waals surface area contributed by atoms with Crippen LogP contribution in [0.5, 0.6) is 0 Å². The Morgan fingerprint density at radius 2 is 0.519 bits per heavy atom. The molecule has 436 valence electrons. The highest BCUT2D eigenvalue weighted by atomic mass is 16.6. The van der Waals surface area contributed by atoms with Crippen molar-refractivity contribution in [1.82, 2.24) is 0 Å². The zero-order chi connectivity index (χ0) is 55.7. The quantitative estimate of drug-likeness (QED) is 0.0261. The summed E-state index contributed by atoms with van der Waals surface area (Å²) in [4.78, 5) is 38.3. The Morgan fingerprint density at radius 1 is 0.273 bits per heavy atom. The van der Waals surface area contributed by atoms with E-state index in [9.17, 15) is 14.4 Å². The summed E-state index contributed by atoms with van der Waals surface area (Å²) < 4.78 is 16.8. The van der Waals surface area contributed by atoms with E-state index in [2.05, 4.69) is 154 Å². The average Bonchev–Trinajstić information content (AvgIpc) is 3.43. The summed E-state index contributed by atoms with van der Waals surface area (Å²) >= 11 is 0. The molecule has 0 aromatic rings. The van der Waals surface area contributed by atoms with Gasteiger partial charge in [-0.25, -0.2) is 0 Å². The van der Waals surface area contributed by atoms with Crippen molar-refractivity contribution in [2.75, 3.05) is 13.2 Å². The van der Waals surface area contributed by atoms with Gasteiger partial charge in [0.1, 0.15) is 13.2 Å². The summed E-state index contributed by atoms with van der Waals surface area (Å²) in [6.07, 6.45) is 90.4. The van der Waals surface area contributed by atoms with Gasteiger partial charge < -0.3 is 14.2 Å². The lowest BCUT2D eigenvalue weighted by molar-refractivity contribution is -0.167. The van der Waals surface area contributed by atoms with Crippen molar-refractivity contribution >= 4 is 17.9 Å². The summed E-state index contributed by atoms with van der Waals surface area (Å²) in [6, 6.07) is 0. The SMILES string of the molecule is CC/C=C\C/C=C\C/C=C\C/C=C\C/C=C\C/C=C\C/C=C\CCCC(=O)OCC(COC(=O)CCCCC/C=C\C/C=C\C/C=C\CC)OC(=O)CCCCCCCCCCCCC/C=C\CCCCCCCCCC. The van der Waals surface area contributed by atoms with E-state index >= 15 is 0 Å². The maximum absolute atomic E-state index is 12.9. The van der Waals surface area contributed by atoms with Crippen molar-refractivity contribution in [2.24, 2.45) is 0 Å². The number of rotatable bonds is 56. The topological polar surface area (TPSA) is 78.9 Å². The highest BCUT2D eigenvalue weighted by Gasteiger charge is 2.19. The fourth-order valence-electron chi connectivity index (χ4n) is 8.44. The average molecular weight is 1070 g/mol. The van der Waals surface area contributed by atoms with Crippen LogP contribution < -0.4 is 0 Å². The van der Waals surface area contributed by atoms with Crippen LogP contribution >= 0.6 is 0 Å². The van der Waals surface area contributed by atoms with E-state index in [4.69, 9.17) is 14.2 Å². The van der Waals surface area contributed by atoms with Gasteiger partial charge in [-0.3, -0.25) is 14.4 Å². The molecule has 1 atom stereocenters. The lowest BCUT2D eigenvalue weighted by Crippen LogP contribution is -2.30. The first-order valence-electron chi connectivity index (χ1n) is 31.7. The maximum Gasteiger partial charge on any atom is 0.306 e. The molecule has 0 bridgehead atoms. The Labute approximate surface area is 475 Å². The van der Waals surface area contributed by atoms with Crippen LogP contribution in [0, 0.1) is 0 Å². The number of ether oxygens (including phenoxy) is 3. The van der Waals surface area contributed by atoms with Crippen molar-refractivity contribution in [3.8, 4) is 0 Å². The van der Waals surface area contributed by atoms with Crippen LogP contribution in [0.4, 0.5) is 0 Å². The smallest absolute Gasteiger partial charge is 0.306 e. The molecule has 0 aromatic heterocycles. The molecule has 0 aromatic carbocycles. The van der Waals surface area contributed by atoms with E-state index in [1.807, 2.05) is 0 Å².